The summed E-state index contributed by atoms with van der Waals surface area (Å²) in [5.74, 6) is 0.206. The monoisotopic (exact) mass is 279 g/mol. The van der Waals surface area contributed by atoms with Gasteiger partial charge in [-0.1, -0.05) is 13.3 Å². The van der Waals surface area contributed by atoms with E-state index < -0.39 is 5.54 Å². The van der Waals surface area contributed by atoms with Gasteiger partial charge in [0.05, 0.1) is 13.3 Å². The number of hydrogen-bond donors (Lipinski definition) is 1. The predicted molar refractivity (Wildman–Crippen MR) is 77.3 cm³/mol. The number of nitrogens with one attached hydrogen (secondary N) is 1. The third-order valence-electron chi connectivity index (χ3n) is 4.33. The minimum Gasteiger partial charge on any atom is -0.468 e. The van der Waals surface area contributed by atoms with E-state index in [1.54, 1.807) is 0 Å². The number of methoxy groups -OCH3 is 1. The van der Waals surface area contributed by atoms with Crippen molar-refractivity contribution in [3.05, 3.63) is 18.0 Å². The summed E-state index contributed by atoms with van der Waals surface area (Å²) >= 11 is 0. The molecule has 20 heavy (non-hydrogen) atoms. The Morgan fingerprint density at radius 1 is 1.65 bits per heavy atom. The Morgan fingerprint density at radius 3 is 3.05 bits per heavy atom. The van der Waals surface area contributed by atoms with Gasteiger partial charge in [-0.25, -0.2) is 0 Å². The molecular weight excluding hydrogens is 254 g/mol. The molecule has 0 amide bonds. The Morgan fingerprint density at radius 2 is 2.45 bits per heavy atom. The topological polar surface area (TPSA) is 56.1 Å². The Kier molecular flexibility index (Phi) is 4.81. The van der Waals surface area contributed by atoms with Gasteiger partial charge in [-0.15, -0.1) is 0 Å². The van der Waals surface area contributed by atoms with Gasteiger partial charge in [0.15, 0.2) is 0 Å². The Bertz CT molecular complexity index is 458. The quantitative estimate of drug-likeness (QED) is 0.808. The average Bonchev–Trinajstić information content (AvgIpc) is 3.03. The standard InChI is InChI=1S/C15H25N3O2/c1-4-16-15(14(19)20-3)8-5-6-13(15)7-9-18-11-12(2)10-17-18/h10-11,13,16H,4-9H2,1-3H3. The first-order chi connectivity index (χ1) is 9.62. The summed E-state index contributed by atoms with van der Waals surface area (Å²) in [6, 6.07) is 0. The zero-order valence-corrected chi connectivity index (χ0v) is 12.7. The lowest BCUT2D eigenvalue weighted by Crippen LogP contribution is -2.55. The van der Waals surface area contributed by atoms with Crippen molar-refractivity contribution >= 4 is 5.97 Å². The lowest BCUT2D eigenvalue weighted by Gasteiger charge is -2.33. The van der Waals surface area contributed by atoms with E-state index in [0.29, 0.717) is 5.92 Å². The molecule has 1 heterocycles. The zero-order chi connectivity index (χ0) is 14.6. The Hall–Kier alpha value is -1.36. The summed E-state index contributed by atoms with van der Waals surface area (Å²) in [5, 5.41) is 7.71. The molecule has 112 valence electrons. The maximum Gasteiger partial charge on any atom is 0.326 e. The number of rotatable bonds is 6. The normalized spacial score (nSPS) is 25.9. The van der Waals surface area contributed by atoms with E-state index in [2.05, 4.69) is 10.4 Å². The maximum absolute atomic E-state index is 12.2. The van der Waals surface area contributed by atoms with Crippen LogP contribution in [0.1, 0.15) is 38.2 Å². The molecule has 1 N–H and O–H groups in total. The number of aromatic nitrogens is 2. The lowest BCUT2D eigenvalue weighted by molar-refractivity contribution is -0.150. The lowest BCUT2D eigenvalue weighted by atomic mass is 9.84. The molecule has 1 aromatic heterocycles. The molecule has 1 aromatic rings. The van der Waals surface area contributed by atoms with E-state index in [1.807, 2.05) is 30.9 Å². The molecule has 0 aliphatic heterocycles. The molecule has 5 heteroatoms. The molecule has 1 aliphatic carbocycles. The molecular formula is C15H25N3O2. The van der Waals surface area contributed by atoms with Crippen molar-refractivity contribution in [2.24, 2.45) is 5.92 Å². The van der Waals surface area contributed by atoms with Crippen LogP contribution in [0.15, 0.2) is 12.4 Å². The third kappa shape index (κ3) is 2.87. The van der Waals surface area contributed by atoms with Gasteiger partial charge in [0, 0.05) is 12.7 Å². The average molecular weight is 279 g/mol. The molecule has 1 saturated carbocycles. The van der Waals surface area contributed by atoms with Crippen LogP contribution >= 0.6 is 0 Å². The second kappa shape index (κ2) is 6.39. The van der Waals surface area contributed by atoms with Crippen LogP contribution in [0.3, 0.4) is 0 Å². The fourth-order valence-corrected chi connectivity index (χ4v) is 3.42. The van der Waals surface area contributed by atoms with E-state index in [4.69, 9.17) is 4.74 Å². The van der Waals surface area contributed by atoms with Crippen LogP contribution in [0.2, 0.25) is 0 Å². The van der Waals surface area contributed by atoms with Crippen LogP contribution in [-0.2, 0) is 16.1 Å². The Labute approximate surface area is 120 Å². The van der Waals surface area contributed by atoms with Gasteiger partial charge >= 0.3 is 5.97 Å². The van der Waals surface area contributed by atoms with Gasteiger partial charge in [0.2, 0.25) is 0 Å². The highest BCUT2D eigenvalue weighted by atomic mass is 16.5. The van der Waals surface area contributed by atoms with Crippen molar-refractivity contribution in [1.29, 1.82) is 0 Å². The van der Waals surface area contributed by atoms with Crippen molar-refractivity contribution in [2.45, 2.75) is 51.6 Å². The van der Waals surface area contributed by atoms with Crippen LogP contribution in [0.5, 0.6) is 0 Å². The number of nitrogens with zero attached hydrogens (tertiary/aromatic N) is 2. The van der Waals surface area contributed by atoms with Crippen molar-refractivity contribution in [3.8, 4) is 0 Å². The molecule has 0 spiro atoms. The minimum absolute atomic E-state index is 0.113. The van der Waals surface area contributed by atoms with Gasteiger partial charge in [-0.3, -0.25) is 9.48 Å². The molecule has 2 rings (SSSR count). The van der Waals surface area contributed by atoms with E-state index >= 15 is 0 Å². The van der Waals surface area contributed by atoms with Gasteiger partial charge in [0.1, 0.15) is 5.54 Å². The summed E-state index contributed by atoms with van der Waals surface area (Å²) in [7, 11) is 1.48. The first-order valence-corrected chi connectivity index (χ1v) is 7.45. The van der Waals surface area contributed by atoms with E-state index in [1.165, 1.54) is 12.7 Å². The second-order valence-corrected chi connectivity index (χ2v) is 5.65. The molecule has 0 saturated heterocycles. The summed E-state index contributed by atoms with van der Waals surface area (Å²) in [4.78, 5) is 12.2. The molecule has 1 aliphatic rings. The molecule has 1 fully saturated rings. The van der Waals surface area contributed by atoms with Crippen LogP contribution in [0.4, 0.5) is 0 Å². The van der Waals surface area contributed by atoms with E-state index in [9.17, 15) is 4.79 Å². The number of hydrogen-bond acceptors (Lipinski definition) is 4. The highest BCUT2D eigenvalue weighted by Crippen LogP contribution is 2.39. The number of carbonyl (C=O) groups is 1. The van der Waals surface area contributed by atoms with Crippen LogP contribution in [0.25, 0.3) is 0 Å². The zero-order valence-electron chi connectivity index (χ0n) is 12.7. The number of carbonyl (C=O) groups excluding carboxylic acids is 1. The molecule has 0 bridgehead atoms. The number of ether oxygens (including phenoxy) is 1. The summed E-state index contributed by atoms with van der Waals surface area (Å²) in [6.07, 6.45) is 7.88. The van der Waals surface area contributed by atoms with Crippen molar-refractivity contribution in [2.75, 3.05) is 13.7 Å². The van der Waals surface area contributed by atoms with Crippen molar-refractivity contribution < 1.29 is 9.53 Å². The highest BCUT2D eigenvalue weighted by molar-refractivity contribution is 5.81. The largest absolute Gasteiger partial charge is 0.468 e. The minimum atomic E-state index is -0.494. The number of aryl methyl sites for hydroxylation is 2. The summed E-state index contributed by atoms with van der Waals surface area (Å²) < 4.78 is 7.01. The van der Waals surface area contributed by atoms with Crippen molar-refractivity contribution in [1.82, 2.24) is 15.1 Å². The highest BCUT2D eigenvalue weighted by Gasteiger charge is 2.48. The van der Waals surface area contributed by atoms with Gasteiger partial charge in [-0.2, -0.15) is 5.10 Å². The first kappa shape index (κ1) is 15.0. The van der Waals surface area contributed by atoms with Gasteiger partial charge in [0.25, 0.3) is 0 Å². The smallest absolute Gasteiger partial charge is 0.326 e. The van der Waals surface area contributed by atoms with E-state index in [-0.39, 0.29) is 5.97 Å². The molecule has 5 nitrogen and oxygen atoms in total. The third-order valence-corrected chi connectivity index (χ3v) is 4.33. The molecule has 2 unspecified atom stereocenters. The van der Waals surface area contributed by atoms with Crippen molar-refractivity contribution in [3.63, 3.8) is 0 Å². The van der Waals surface area contributed by atoms with Crippen LogP contribution in [-0.4, -0.2) is 34.9 Å². The second-order valence-electron chi connectivity index (χ2n) is 5.65. The van der Waals surface area contributed by atoms with E-state index in [0.717, 1.165) is 38.8 Å². The number of likely N-dealkylation sites (N-methyl/N-ethyl adjacent to an activating group) is 1. The van der Waals surface area contributed by atoms with Crippen LogP contribution < -0.4 is 5.32 Å². The molecule has 2 atom stereocenters. The maximum atomic E-state index is 12.2. The predicted octanol–water partition coefficient (Wildman–Crippen LogP) is 1.90. The first-order valence-electron chi connectivity index (χ1n) is 7.45. The fourth-order valence-electron chi connectivity index (χ4n) is 3.42. The van der Waals surface area contributed by atoms with Gasteiger partial charge < -0.3 is 10.1 Å². The number of esters is 1. The van der Waals surface area contributed by atoms with Gasteiger partial charge in [-0.05, 0) is 44.2 Å². The summed E-state index contributed by atoms with van der Waals surface area (Å²) in [5.41, 5.74) is 0.674. The fraction of sp³-hybridized carbons (Fsp3) is 0.733. The Balaban J connectivity index is 2.06. The molecule has 0 radical (unpaired) electrons. The van der Waals surface area contributed by atoms with Crippen LogP contribution in [0, 0.1) is 12.8 Å². The summed E-state index contributed by atoms with van der Waals surface area (Å²) in [6.45, 7) is 5.71. The molecule has 0 aromatic carbocycles. The SMILES string of the molecule is CCNC1(C(=O)OC)CCCC1CCn1cc(C)cn1.